The van der Waals surface area contributed by atoms with Crippen molar-refractivity contribution in [2.75, 3.05) is 19.0 Å². The molecule has 1 aliphatic carbocycles. The molecule has 94 valence electrons. The molecule has 0 unspecified atom stereocenters. The van der Waals surface area contributed by atoms with Crippen LogP contribution in [0.15, 0.2) is 18.2 Å². The van der Waals surface area contributed by atoms with Crippen molar-refractivity contribution in [2.24, 2.45) is 0 Å². The zero-order valence-corrected chi connectivity index (χ0v) is 11.1. The molecule has 1 aromatic carbocycles. The van der Waals surface area contributed by atoms with Gasteiger partial charge in [-0.25, -0.2) is 0 Å². The maximum Gasteiger partial charge on any atom is 0.184 e. The number of para-hydroxylation sites is 1. The maximum atomic E-state index is 5.98. The minimum absolute atomic E-state index is 0.161. The Bertz CT molecular complexity index is 384. The van der Waals surface area contributed by atoms with Crippen LogP contribution in [0.2, 0.25) is 0 Å². The fourth-order valence-corrected chi connectivity index (χ4v) is 1.67. The number of nitrogens with zero attached hydrogens (tertiary/aromatic N) is 1. The fourth-order valence-electron chi connectivity index (χ4n) is 1.67. The van der Waals surface area contributed by atoms with E-state index in [1.807, 2.05) is 40.1 Å². The molecule has 0 atom stereocenters. The zero-order chi connectivity index (χ0) is 12.4. The second kappa shape index (κ2) is 4.86. The van der Waals surface area contributed by atoms with E-state index in [0.29, 0.717) is 6.10 Å². The molecule has 1 aromatic rings. The van der Waals surface area contributed by atoms with E-state index in [-0.39, 0.29) is 6.10 Å². The van der Waals surface area contributed by atoms with Crippen molar-refractivity contribution in [1.82, 2.24) is 0 Å². The molecule has 1 aliphatic rings. The van der Waals surface area contributed by atoms with Gasteiger partial charge in [-0.3, -0.25) is 0 Å². The number of hydrogen-bond donors (Lipinski definition) is 0. The Morgan fingerprint density at radius 1 is 1.24 bits per heavy atom. The molecule has 0 amide bonds. The van der Waals surface area contributed by atoms with Crippen LogP contribution in [0, 0.1) is 0 Å². The second-order valence-electron chi connectivity index (χ2n) is 4.98. The van der Waals surface area contributed by atoms with Crippen LogP contribution in [0.3, 0.4) is 0 Å². The van der Waals surface area contributed by atoms with E-state index in [0.717, 1.165) is 30.0 Å². The minimum Gasteiger partial charge on any atom is -0.487 e. The summed E-state index contributed by atoms with van der Waals surface area (Å²) in [6, 6.07) is 6.04. The first-order chi connectivity index (χ1) is 8.08. The van der Waals surface area contributed by atoms with Crippen molar-refractivity contribution in [3.05, 3.63) is 18.2 Å². The van der Waals surface area contributed by atoms with Crippen molar-refractivity contribution in [1.29, 1.82) is 0 Å². The fraction of sp³-hybridized carbons (Fsp3) is 0.571. The molecule has 0 aromatic heterocycles. The number of anilines is 1. The summed E-state index contributed by atoms with van der Waals surface area (Å²) >= 11 is 0. The summed E-state index contributed by atoms with van der Waals surface area (Å²) in [7, 11) is 4.04. The van der Waals surface area contributed by atoms with E-state index in [9.17, 15) is 0 Å². The molecular formula is C14H21NO2. The molecule has 0 N–H and O–H groups in total. The van der Waals surface area contributed by atoms with Gasteiger partial charge in [-0.2, -0.15) is 0 Å². The van der Waals surface area contributed by atoms with Crippen LogP contribution in [0.25, 0.3) is 0 Å². The summed E-state index contributed by atoms with van der Waals surface area (Å²) in [4.78, 5) is 2.06. The average molecular weight is 235 g/mol. The molecule has 1 saturated carbocycles. The Morgan fingerprint density at radius 2 is 1.94 bits per heavy atom. The molecule has 17 heavy (non-hydrogen) atoms. The molecule has 0 bridgehead atoms. The van der Waals surface area contributed by atoms with E-state index in [4.69, 9.17) is 9.47 Å². The predicted octanol–water partition coefficient (Wildman–Crippen LogP) is 3.08. The van der Waals surface area contributed by atoms with Crippen molar-refractivity contribution >= 4 is 5.69 Å². The maximum absolute atomic E-state index is 5.98. The van der Waals surface area contributed by atoms with E-state index in [1.54, 1.807) is 0 Å². The van der Waals surface area contributed by atoms with Crippen LogP contribution in [0.5, 0.6) is 11.5 Å². The highest BCUT2D eigenvalue weighted by molar-refractivity contribution is 5.64. The molecule has 3 heteroatoms. The number of benzene rings is 1. The van der Waals surface area contributed by atoms with Gasteiger partial charge in [0.25, 0.3) is 0 Å². The van der Waals surface area contributed by atoms with Gasteiger partial charge in [-0.1, -0.05) is 6.07 Å². The Kier molecular flexibility index (Phi) is 3.46. The highest BCUT2D eigenvalue weighted by atomic mass is 16.5. The van der Waals surface area contributed by atoms with E-state index >= 15 is 0 Å². The topological polar surface area (TPSA) is 21.7 Å². The normalized spacial score (nSPS) is 14.9. The minimum atomic E-state index is 0.161. The molecule has 3 nitrogen and oxygen atoms in total. The van der Waals surface area contributed by atoms with Crippen LogP contribution in [0.4, 0.5) is 5.69 Å². The lowest BCUT2D eigenvalue weighted by Crippen LogP contribution is -2.14. The summed E-state index contributed by atoms with van der Waals surface area (Å²) in [5.41, 5.74) is 1.08. The van der Waals surface area contributed by atoms with Gasteiger partial charge in [0.1, 0.15) is 0 Å². The number of hydrogen-bond acceptors (Lipinski definition) is 3. The Labute approximate surface area is 103 Å². The lowest BCUT2D eigenvalue weighted by molar-refractivity contribution is 0.218. The van der Waals surface area contributed by atoms with Gasteiger partial charge >= 0.3 is 0 Å². The van der Waals surface area contributed by atoms with Crippen molar-refractivity contribution in [3.8, 4) is 11.5 Å². The Morgan fingerprint density at radius 3 is 2.47 bits per heavy atom. The first-order valence-electron chi connectivity index (χ1n) is 6.21. The molecule has 0 spiro atoms. The molecule has 0 heterocycles. The van der Waals surface area contributed by atoms with Crippen LogP contribution in [-0.4, -0.2) is 26.3 Å². The standard InChI is InChI=1S/C14H21NO2/c1-10(2)16-13-7-5-6-12(15(3)4)14(13)17-11-8-9-11/h5-7,10-11H,8-9H2,1-4H3. The van der Waals surface area contributed by atoms with Crippen molar-refractivity contribution in [2.45, 2.75) is 38.9 Å². The van der Waals surface area contributed by atoms with Gasteiger partial charge in [0.15, 0.2) is 11.5 Å². The molecule has 0 radical (unpaired) electrons. The Hall–Kier alpha value is -1.38. The lowest BCUT2D eigenvalue weighted by Gasteiger charge is -2.21. The molecule has 0 aliphatic heterocycles. The van der Waals surface area contributed by atoms with Crippen molar-refractivity contribution < 1.29 is 9.47 Å². The third kappa shape index (κ3) is 3.05. The zero-order valence-electron chi connectivity index (χ0n) is 11.1. The summed E-state index contributed by atoms with van der Waals surface area (Å²) < 4.78 is 11.8. The Balaban J connectivity index is 2.31. The van der Waals surface area contributed by atoms with Crippen LogP contribution >= 0.6 is 0 Å². The molecule has 1 fully saturated rings. The molecule has 0 saturated heterocycles. The third-order valence-electron chi connectivity index (χ3n) is 2.61. The SMILES string of the molecule is CC(C)Oc1cccc(N(C)C)c1OC1CC1. The van der Waals surface area contributed by atoms with Crippen molar-refractivity contribution in [3.63, 3.8) is 0 Å². The van der Waals surface area contributed by atoms with Gasteiger partial charge in [0, 0.05) is 14.1 Å². The summed E-state index contributed by atoms with van der Waals surface area (Å²) in [6.45, 7) is 4.06. The quantitative estimate of drug-likeness (QED) is 0.783. The monoisotopic (exact) mass is 235 g/mol. The van der Waals surface area contributed by atoms with Gasteiger partial charge < -0.3 is 14.4 Å². The molecular weight excluding hydrogens is 214 g/mol. The third-order valence-corrected chi connectivity index (χ3v) is 2.61. The van der Waals surface area contributed by atoms with Crippen LogP contribution < -0.4 is 14.4 Å². The van der Waals surface area contributed by atoms with Crippen LogP contribution in [-0.2, 0) is 0 Å². The number of ether oxygens (including phenoxy) is 2. The first-order valence-corrected chi connectivity index (χ1v) is 6.21. The largest absolute Gasteiger partial charge is 0.487 e. The molecule has 2 rings (SSSR count). The summed E-state index contributed by atoms with van der Waals surface area (Å²) in [5.74, 6) is 1.73. The summed E-state index contributed by atoms with van der Waals surface area (Å²) in [6.07, 6.45) is 2.85. The van der Waals surface area contributed by atoms with Gasteiger partial charge in [0.2, 0.25) is 0 Å². The number of rotatable bonds is 5. The smallest absolute Gasteiger partial charge is 0.184 e. The second-order valence-corrected chi connectivity index (χ2v) is 4.98. The summed E-state index contributed by atoms with van der Waals surface area (Å²) in [5, 5.41) is 0. The van der Waals surface area contributed by atoms with E-state index in [2.05, 4.69) is 11.0 Å². The predicted molar refractivity (Wildman–Crippen MR) is 70.2 cm³/mol. The highest BCUT2D eigenvalue weighted by Crippen LogP contribution is 2.41. The van der Waals surface area contributed by atoms with E-state index < -0.39 is 0 Å². The van der Waals surface area contributed by atoms with E-state index in [1.165, 1.54) is 0 Å². The lowest BCUT2D eigenvalue weighted by atomic mass is 10.2. The average Bonchev–Trinajstić information content (AvgIpc) is 3.03. The van der Waals surface area contributed by atoms with Gasteiger partial charge in [-0.15, -0.1) is 0 Å². The highest BCUT2D eigenvalue weighted by Gasteiger charge is 2.27. The van der Waals surface area contributed by atoms with Gasteiger partial charge in [-0.05, 0) is 38.8 Å². The first kappa shape index (κ1) is 12.1. The van der Waals surface area contributed by atoms with Gasteiger partial charge in [0.05, 0.1) is 17.9 Å². The van der Waals surface area contributed by atoms with Crippen LogP contribution in [0.1, 0.15) is 26.7 Å².